The smallest absolute Gasteiger partial charge is 0.194 e. The molecule has 1 saturated carbocycles. The van der Waals surface area contributed by atoms with Crippen molar-refractivity contribution in [2.75, 3.05) is 19.6 Å². The number of rotatable bonds is 4. The first kappa shape index (κ1) is 15.3. The minimum absolute atomic E-state index is 0.569. The lowest BCUT2D eigenvalue weighted by Crippen LogP contribution is -2.41. The summed E-state index contributed by atoms with van der Waals surface area (Å²) in [6.45, 7) is 8.92. The second kappa shape index (κ2) is 6.67. The van der Waals surface area contributed by atoms with Crippen molar-refractivity contribution in [1.29, 1.82) is 0 Å². The van der Waals surface area contributed by atoms with E-state index in [0.717, 1.165) is 31.4 Å². The Morgan fingerprint density at radius 2 is 2.14 bits per heavy atom. The van der Waals surface area contributed by atoms with Gasteiger partial charge in [0.1, 0.15) is 12.9 Å². The quantitative estimate of drug-likeness (QED) is 0.683. The summed E-state index contributed by atoms with van der Waals surface area (Å²) in [4.78, 5) is 7.26. The summed E-state index contributed by atoms with van der Waals surface area (Å²) in [5.41, 5.74) is 0.569. The van der Waals surface area contributed by atoms with E-state index in [0.29, 0.717) is 12.0 Å². The van der Waals surface area contributed by atoms with Gasteiger partial charge < -0.3 is 14.8 Å². The summed E-state index contributed by atoms with van der Waals surface area (Å²) >= 11 is 0. The average molecular weight is 304 g/mol. The first-order valence-electron chi connectivity index (χ1n) is 8.66. The fourth-order valence-corrected chi connectivity index (χ4v) is 3.89. The molecule has 2 heterocycles. The molecule has 0 amide bonds. The van der Waals surface area contributed by atoms with Crippen molar-refractivity contribution < 1.29 is 0 Å². The molecule has 1 aliphatic carbocycles. The molecular weight excluding hydrogens is 276 g/mol. The fourth-order valence-electron chi connectivity index (χ4n) is 3.89. The highest BCUT2D eigenvalue weighted by molar-refractivity contribution is 5.80. The van der Waals surface area contributed by atoms with Gasteiger partial charge in [0, 0.05) is 26.2 Å². The summed E-state index contributed by atoms with van der Waals surface area (Å²) in [5.74, 6) is 1.98. The molecule has 2 fully saturated rings. The molecule has 2 aliphatic rings. The van der Waals surface area contributed by atoms with Crippen molar-refractivity contribution in [3.8, 4) is 0 Å². The van der Waals surface area contributed by atoms with E-state index in [-0.39, 0.29) is 0 Å². The Hall–Kier alpha value is -1.59. The van der Waals surface area contributed by atoms with Gasteiger partial charge in [0.2, 0.25) is 0 Å². The standard InChI is InChI=1S/C16H28N6/c1-3-17-15(18-11-14-20-19-13-21(14)4-2)22-10-9-16(12-22)7-5-6-8-16/h13H,3-12H2,1-2H3,(H,17,18). The monoisotopic (exact) mass is 304 g/mol. The number of nitrogens with one attached hydrogen (secondary N) is 1. The molecule has 6 nitrogen and oxygen atoms in total. The highest BCUT2D eigenvalue weighted by Gasteiger charge is 2.41. The van der Waals surface area contributed by atoms with Crippen molar-refractivity contribution in [1.82, 2.24) is 25.0 Å². The molecule has 1 spiro atoms. The highest BCUT2D eigenvalue weighted by atomic mass is 15.3. The van der Waals surface area contributed by atoms with Crippen LogP contribution in [-0.4, -0.2) is 45.3 Å². The Labute approximate surface area is 133 Å². The van der Waals surface area contributed by atoms with Gasteiger partial charge in [-0.3, -0.25) is 0 Å². The first-order valence-corrected chi connectivity index (χ1v) is 8.66. The minimum atomic E-state index is 0.569. The van der Waals surface area contributed by atoms with Crippen LogP contribution in [0, 0.1) is 5.41 Å². The van der Waals surface area contributed by atoms with Crippen molar-refractivity contribution in [3.63, 3.8) is 0 Å². The second-order valence-electron chi connectivity index (χ2n) is 6.58. The lowest BCUT2D eigenvalue weighted by atomic mass is 9.86. The van der Waals surface area contributed by atoms with Crippen LogP contribution in [0.2, 0.25) is 0 Å². The van der Waals surface area contributed by atoms with Gasteiger partial charge in [0.05, 0.1) is 0 Å². The SMILES string of the molecule is CCNC(=NCc1nncn1CC)N1CCC2(CCCC2)C1. The molecule has 3 rings (SSSR count). The molecule has 0 bridgehead atoms. The highest BCUT2D eigenvalue weighted by Crippen LogP contribution is 2.45. The molecule has 0 unspecified atom stereocenters. The van der Waals surface area contributed by atoms with Crippen LogP contribution in [0.3, 0.4) is 0 Å². The number of hydrogen-bond acceptors (Lipinski definition) is 3. The van der Waals surface area contributed by atoms with Crippen LogP contribution in [0.15, 0.2) is 11.3 Å². The van der Waals surface area contributed by atoms with E-state index >= 15 is 0 Å². The number of likely N-dealkylation sites (tertiary alicyclic amines) is 1. The third kappa shape index (κ3) is 3.10. The van der Waals surface area contributed by atoms with Gasteiger partial charge >= 0.3 is 0 Å². The molecule has 0 radical (unpaired) electrons. The molecule has 1 N–H and O–H groups in total. The van der Waals surface area contributed by atoms with Crippen molar-refractivity contribution in [2.45, 2.75) is 59.0 Å². The maximum Gasteiger partial charge on any atom is 0.194 e. The summed E-state index contributed by atoms with van der Waals surface area (Å²) in [5, 5.41) is 11.6. The number of aromatic nitrogens is 3. The second-order valence-corrected chi connectivity index (χ2v) is 6.58. The Bertz CT molecular complexity index is 514. The molecule has 22 heavy (non-hydrogen) atoms. The molecule has 1 aromatic heterocycles. The zero-order valence-corrected chi connectivity index (χ0v) is 13.9. The molecule has 122 valence electrons. The fraction of sp³-hybridized carbons (Fsp3) is 0.812. The maximum atomic E-state index is 4.81. The van der Waals surface area contributed by atoms with E-state index < -0.39 is 0 Å². The van der Waals surface area contributed by atoms with Gasteiger partial charge in [0.25, 0.3) is 0 Å². The van der Waals surface area contributed by atoms with Gasteiger partial charge in [-0.2, -0.15) is 0 Å². The maximum absolute atomic E-state index is 4.81. The predicted octanol–water partition coefficient (Wildman–Crippen LogP) is 2.03. The molecule has 1 aromatic rings. The van der Waals surface area contributed by atoms with E-state index in [1.54, 1.807) is 6.33 Å². The molecule has 0 aromatic carbocycles. The lowest BCUT2D eigenvalue weighted by Gasteiger charge is -2.25. The number of aryl methyl sites for hydroxylation is 1. The van der Waals surface area contributed by atoms with E-state index in [1.807, 2.05) is 0 Å². The summed E-state index contributed by atoms with van der Waals surface area (Å²) in [7, 11) is 0. The van der Waals surface area contributed by atoms with Gasteiger partial charge in [-0.05, 0) is 38.5 Å². The van der Waals surface area contributed by atoms with Gasteiger partial charge in [0.15, 0.2) is 11.8 Å². The predicted molar refractivity (Wildman–Crippen MR) is 87.6 cm³/mol. The Morgan fingerprint density at radius 3 is 2.86 bits per heavy atom. The summed E-state index contributed by atoms with van der Waals surface area (Å²) < 4.78 is 2.05. The Balaban J connectivity index is 1.68. The van der Waals surface area contributed by atoms with Gasteiger partial charge in [-0.25, -0.2) is 4.99 Å². The van der Waals surface area contributed by atoms with Crippen LogP contribution in [0.1, 0.15) is 51.8 Å². The van der Waals surface area contributed by atoms with E-state index in [1.165, 1.54) is 38.6 Å². The van der Waals surface area contributed by atoms with Crippen LogP contribution in [0.5, 0.6) is 0 Å². The number of aliphatic imine (C=N–C) groups is 1. The van der Waals surface area contributed by atoms with Crippen LogP contribution < -0.4 is 5.32 Å². The normalized spacial score (nSPS) is 21.0. The van der Waals surface area contributed by atoms with E-state index in [4.69, 9.17) is 4.99 Å². The van der Waals surface area contributed by atoms with Crippen molar-refractivity contribution >= 4 is 5.96 Å². The zero-order chi connectivity index (χ0) is 15.4. The average Bonchev–Trinajstić information content (AvgIpc) is 3.26. The van der Waals surface area contributed by atoms with Crippen molar-refractivity contribution in [3.05, 3.63) is 12.2 Å². The number of hydrogen-bond donors (Lipinski definition) is 1. The Kier molecular flexibility index (Phi) is 4.64. The first-order chi connectivity index (χ1) is 10.8. The molecule has 1 saturated heterocycles. The zero-order valence-electron chi connectivity index (χ0n) is 13.9. The minimum Gasteiger partial charge on any atom is -0.357 e. The van der Waals surface area contributed by atoms with E-state index in [9.17, 15) is 0 Å². The summed E-state index contributed by atoms with van der Waals surface area (Å²) in [6.07, 6.45) is 8.70. The van der Waals surface area contributed by atoms with Crippen LogP contribution in [0.4, 0.5) is 0 Å². The van der Waals surface area contributed by atoms with Crippen LogP contribution in [0.25, 0.3) is 0 Å². The Morgan fingerprint density at radius 1 is 1.32 bits per heavy atom. The molecule has 1 aliphatic heterocycles. The van der Waals surface area contributed by atoms with E-state index in [2.05, 4.69) is 38.8 Å². The third-order valence-corrected chi connectivity index (χ3v) is 5.14. The molecular formula is C16H28N6. The van der Waals surface area contributed by atoms with Crippen molar-refractivity contribution in [2.24, 2.45) is 10.4 Å². The van der Waals surface area contributed by atoms with Gasteiger partial charge in [-0.15, -0.1) is 10.2 Å². The third-order valence-electron chi connectivity index (χ3n) is 5.14. The number of guanidine groups is 1. The number of nitrogens with zero attached hydrogens (tertiary/aromatic N) is 5. The lowest BCUT2D eigenvalue weighted by molar-refractivity contribution is 0.309. The van der Waals surface area contributed by atoms with Crippen LogP contribution in [-0.2, 0) is 13.1 Å². The topological polar surface area (TPSA) is 58.3 Å². The molecule has 6 heteroatoms. The van der Waals surface area contributed by atoms with Gasteiger partial charge in [-0.1, -0.05) is 12.8 Å². The largest absolute Gasteiger partial charge is 0.357 e. The summed E-state index contributed by atoms with van der Waals surface area (Å²) in [6, 6.07) is 0. The van der Waals surface area contributed by atoms with Crippen LogP contribution >= 0.6 is 0 Å². The molecule has 0 atom stereocenters.